The third-order valence-corrected chi connectivity index (χ3v) is 7.00. The second-order valence-corrected chi connectivity index (χ2v) is 10.3. The number of hydrogen-bond donors (Lipinski definition) is 0. The Morgan fingerprint density at radius 2 is 0.844 bits per heavy atom. The van der Waals surface area contributed by atoms with Crippen LogP contribution in [0, 0.1) is 0 Å². The molecule has 4 aromatic rings. The van der Waals surface area contributed by atoms with Crippen molar-refractivity contribution >= 4 is 18.7 Å². The molecule has 7 heteroatoms. The number of carbonyl (C=O) groups is 1. The van der Waals surface area contributed by atoms with Crippen molar-refractivity contribution in [2.75, 3.05) is 59.8 Å². The molecule has 0 spiro atoms. The summed E-state index contributed by atoms with van der Waals surface area (Å²) in [5.41, 5.74) is 7.33. The molecule has 0 saturated carbocycles. The minimum Gasteiger partial charge on any atom is -0.497 e. The van der Waals surface area contributed by atoms with Crippen LogP contribution in [0.15, 0.2) is 107 Å². The third-order valence-electron chi connectivity index (χ3n) is 7.00. The summed E-state index contributed by atoms with van der Waals surface area (Å²) in [7, 11) is 1.67. The first-order valence-electron chi connectivity index (χ1n) is 15.4. The number of aliphatic imine (C=N–C) groups is 2. The maximum Gasteiger partial charge on any atom is 0.150 e. The van der Waals surface area contributed by atoms with Gasteiger partial charge >= 0.3 is 0 Å². The van der Waals surface area contributed by atoms with Crippen LogP contribution < -0.4 is 4.74 Å². The van der Waals surface area contributed by atoms with E-state index in [0.717, 1.165) is 59.2 Å². The summed E-state index contributed by atoms with van der Waals surface area (Å²) in [5.74, 6) is 0.857. The molecule has 0 N–H and O–H groups in total. The minimum absolute atomic E-state index is 0.554. The molecule has 4 aromatic carbocycles. The van der Waals surface area contributed by atoms with Crippen molar-refractivity contribution in [1.29, 1.82) is 0 Å². The second-order valence-electron chi connectivity index (χ2n) is 10.3. The van der Waals surface area contributed by atoms with Crippen molar-refractivity contribution in [3.63, 3.8) is 0 Å². The van der Waals surface area contributed by atoms with Crippen molar-refractivity contribution in [1.82, 2.24) is 0 Å². The van der Waals surface area contributed by atoms with E-state index in [0.29, 0.717) is 51.7 Å². The van der Waals surface area contributed by atoms with Gasteiger partial charge in [-0.3, -0.25) is 14.8 Å². The summed E-state index contributed by atoms with van der Waals surface area (Å²) in [4.78, 5) is 19.8. The normalized spacial score (nSPS) is 11.4. The molecule has 4 rings (SSSR count). The monoisotopic (exact) mass is 606 g/mol. The molecule has 0 aliphatic rings. The third kappa shape index (κ3) is 12.2. The van der Waals surface area contributed by atoms with E-state index in [1.165, 1.54) is 5.56 Å². The zero-order valence-electron chi connectivity index (χ0n) is 26.0. The Hall–Kier alpha value is -4.43. The molecule has 0 unspecified atom stereocenters. The summed E-state index contributed by atoms with van der Waals surface area (Å²) >= 11 is 0. The Bertz CT molecular complexity index is 1450. The van der Waals surface area contributed by atoms with E-state index in [1.807, 2.05) is 61.0 Å². The summed E-state index contributed by atoms with van der Waals surface area (Å²) in [6.07, 6.45) is 6.38. The van der Waals surface area contributed by atoms with E-state index in [4.69, 9.17) is 18.9 Å². The standard InChI is InChI=1S/C38H42N2O5/c1-42-38-18-16-37(17-19-38)35-12-6-32(7-13-35)29-40-21-3-23-44-25-27-45-26-24-43-22-2-20-39-28-31-4-10-34(11-5-31)36-14-8-33(30-41)9-15-36/h4-19,28-30H,2-3,20-27H2,1H3. The Morgan fingerprint density at radius 1 is 0.489 bits per heavy atom. The van der Waals surface area contributed by atoms with Gasteiger partial charge in [0, 0.05) is 44.3 Å². The highest BCUT2D eigenvalue weighted by Crippen LogP contribution is 2.22. The van der Waals surface area contributed by atoms with E-state index in [-0.39, 0.29) is 0 Å². The van der Waals surface area contributed by atoms with Gasteiger partial charge in [-0.2, -0.15) is 0 Å². The fourth-order valence-corrected chi connectivity index (χ4v) is 4.46. The van der Waals surface area contributed by atoms with Crippen molar-refractivity contribution < 1.29 is 23.7 Å². The van der Waals surface area contributed by atoms with Gasteiger partial charge in [-0.25, -0.2) is 0 Å². The van der Waals surface area contributed by atoms with Crippen molar-refractivity contribution in [3.8, 4) is 28.0 Å². The average molecular weight is 607 g/mol. The summed E-state index contributed by atoms with van der Waals surface area (Å²) in [6, 6.07) is 32.2. The molecule has 0 amide bonds. The average Bonchev–Trinajstić information content (AvgIpc) is 3.10. The number of carbonyl (C=O) groups excluding carboxylic acids is 1. The van der Waals surface area contributed by atoms with Gasteiger partial charge in [0.2, 0.25) is 0 Å². The van der Waals surface area contributed by atoms with E-state index in [1.54, 1.807) is 7.11 Å². The van der Waals surface area contributed by atoms with Crippen molar-refractivity contribution in [3.05, 3.63) is 114 Å². The van der Waals surface area contributed by atoms with Crippen LogP contribution in [0.3, 0.4) is 0 Å². The van der Waals surface area contributed by atoms with Crippen LogP contribution in [0.1, 0.15) is 34.3 Å². The molecule has 0 bridgehead atoms. The molecule has 0 radical (unpaired) electrons. The first-order valence-corrected chi connectivity index (χ1v) is 15.4. The fraction of sp³-hybridized carbons (Fsp3) is 0.289. The summed E-state index contributed by atoms with van der Waals surface area (Å²) < 4.78 is 22.1. The lowest BCUT2D eigenvalue weighted by atomic mass is 10.0. The SMILES string of the molecule is COc1ccc(-c2ccc(C=NCCCOCCOCCOCCCN=Cc3ccc(-c4ccc(C=O)cc4)cc3)cc2)cc1. The van der Waals surface area contributed by atoms with Crippen LogP contribution in [0.5, 0.6) is 5.75 Å². The van der Waals surface area contributed by atoms with Gasteiger partial charge in [0.25, 0.3) is 0 Å². The van der Waals surface area contributed by atoms with Crippen molar-refractivity contribution in [2.45, 2.75) is 12.8 Å². The van der Waals surface area contributed by atoms with Gasteiger partial charge in [-0.05, 0) is 58.4 Å². The van der Waals surface area contributed by atoms with Gasteiger partial charge < -0.3 is 18.9 Å². The Morgan fingerprint density at radius 3 is 1.22 bits per heavy atom. The second kappa shape index (κ2) is 19.8. The Labute approximate surface area is 266 Å². The van der Waals surface area contributed by atoms with Crippen molar-refractivity contribution in [2.24, 2.45) is 9.98 Å². The number of aldehydes is 1. The van der Waals surface area contributed by atoms with Gasteiger partial charge in [0.05, 0.1) is 33.5 Å². The molecule has 234 valence electrons. The maximum absolute atomic E-state index is 10.8. The van der Waals surface area contributed by atoms with Crippen LogP contribution in [-0.2, 0) is 14.2 Å². The van der Waals surface area contributed by atoms with Gasteiger partial charge in [0.1, 0.15) is 12.0 Å². The number of benzene rings is 4. The predicted molar refractivity (Wildman–Crippen MR) is 182 cm³/mol. The van der Waals surface area contributed by atoms with Crippen LogP contribution in [-0.4, -0.2) is 78.6 Å². The number of hydrogen-bond acceptors (Lipinski definition) is 7. The van der Waals surface area contributed by atoms with Gasteiger partial charge in [-0.15, -0.1) is 0 Å². The lowest BCUT2D eigenvalue weighted by Gasteiger charge is -2.06. The topological polar surface area (TPSA) is 78.7 Å². The quantitative estimate of drug-likeness (QED) is 0.0604. The van der Waals surface area contributed by atoms with Crippen LogP contribution in [0.25, 0.3) is 22.3 Å². The fourth-order valence-electron chi connectivity index (χ4n) is 4.46. The molecule has 45 heavy (non-hydrogen) atoms. The minimum atomic E-state index is 0.554. The smallest absolute Gasteiger partial charge is 0.150 e. The van der Waals surface area contributed by atoms with Crippen LogP contribution in [0.2, 0.25) is 0 Å². The molecular formula is C38H42N2O5. The predicted octanol–water partition coefficient (Wildman–Crippen LogP) is 7.21. The first kappa shape index (κ1) is 33.5. The molecule has 0 aromatic heterocycles. The molecular weight excluding hydrogens is 564 g/mol. The molecule has 0 heterocycles. The largest absolute Gasteiger partial charge is 0.497 e. The highest BCUT2D eigenvalue weighted by molar-refractivity contribution is 5.82. The first-order chi connectivity index (χ1) is 22.2. The Kier molecular flexibility index (Phi) is 14.7. The van der Waals surface area contributed by atoms with E-state index >= 15 is 0 Å². The summed E-state index contributed by atoms with van der Waals surface area (Å²) in [6.45, 7) is 5.00. The lowest BCUT2D eigenvalue weighted by molar-refractivity contribution is 0.0143. The zero-order chi connectivity index (χ0) is 31.4. The number of ether oxygens (including phenoxy) is 4. The lowest BCUT2D eigenvalue weighted by Crippen LogP contribution is -2.10. The maximum atomic E-state index is 10.8. The van der Waals surface area contributed by atoms with E-state index < -0.39 is 0 Å². The molecule has 0 saturated heterocycles. The molecule has 0 fully saturated rings. The summed E-state index contributed by atoms with van der Waals surface area (Å²) in [5, 5.41) is 0. The van der Waals surface area contributed by atoms with Gasteiger partial charge in [0.15, 0.2) is 0 Å². The molecule has 0 atom stereocenters. The number of methoxy groups -OCH3 is 1. The molecule has 0 aliphatic carbocycles. The van der Waals surface area contributed by atoms with E-state index in [2.05, 4.69) is 58.5 Å². The molecule has 0 aliphatic heterocycles. The van der Waals surface area contributed by atoms with Gasteiger partial charge in [-0.1, -0.05) is 84.9 Å². The number of nitrogens with zero attached hydrogens (tertiary/aromatic N) is 2. The zero-order valence-corrected chi connectivity index (χ0v) is 26.0. The highest BCUT2D eigenvalue weighted by Gasteiger charge is 2.00. The number of rotatable bonds is 20. The Balaban J connectivity index is 0.942. The van der Waals surface area contributed by atoms with E-state index in [9.17, 15) is 4.79 Å². The molecule has 7 nitrogen and oxygen atoms in total. The highest BCUT2D eigenvalue weighted by atomic mass is 16.5. The van der Waals surface area contributed by atoms with Crippen LogP contribution >= 0.6 is 0 Å². The van der Waals surface area contributed by atoms with Crippen LogP contribution in [0.4, 0.5) is 0 Å².